The largest absolute Gasteiger partial charge is 0.449 e. The molecule has 0 spiro atoms. The average Bonchev–Trinajstić information content (AvgIpc) is 3.09. The Labute approximate surface area is 139 Å². The third-order valence-corrected chi connectivity index (χ3v) is 4.78. The molecule has 2 aromatic heterocycles. The van der Waals surface area contributed by atoms with Gasteiger partial charge >= 0.3 is 0 Å². The molecule has 2 atom stereocenters. The van der Waals surface area contributed by atoms with Crippen LogP contribution in [0.1, 0.15) is 37.3 Å². The Morgan fingerprint density at radius 3 is 2.91 bits per heavy atom. The number of nitrogens with two attached hydrogens (primary N) is 1. The van der Waals surface area contributed by atoms with Gasteiger partial charge in [-0.15, -0.1) is 0 Å². The highest BCUT2D eigenvalue weighted by atomic mass is 35.5. The molecular weight excluding hydrogens is 316 g/mol. The number of hydrogen-bond acceptors (Lipinski definition) is 5. The maximum Gasteiger partial charge on any atom is 0.243 e. The zero-order valence-corrected chi connectivity index (χ0v) is 13.7. The fraction of sp³-hybridized carbons (Fsp3) is 0.438. The van der Waals surface area contributed by atoms with Crippen LogP contribution < -0.4 is 5.73 Å². The lowest BCUT2D eigenvalue weighted by molar-refractivity contribution is -0.131. The molecule has 7 heteroatoms. The molecule has 1 unspecified atom stereocenters. The van der Waals surface area contributed by atoms with Crippen molar-refractivity contribution in [1.82, 2.24) is 14.9 Å². The van der Waals surface area contributed by atoms with Crippen molar-refractivity contribution in [3.05, 3.63) is 47.4 Å². The summed E-state index contributed by atoms with van der Waals surface area (Å²) < 4.78 is 5.43. The van der Waals surface area contributed by atoms with Crippen LogP contribution in [0.2, 0.25) is 5.02 Å². The summed E-state index contributed by atoms with van der Waals surface area (Å²) in [6, 6.07) is 3.47. The lowest BCUT2D eigenvalue weighted by Gasteiger charge is -2.42. The molecule has 3 rings (SSSR count). The molecule has 1 aliphatic heterocycles. The van der Waals surface area contributed by atoms with Crippen LogP contribution in [0.25, 0.3) is 0 Å². The van der Waals surface area contributed by atoms with E-state index < -0.39 is 11.4 Å². The van der Waals surface area contributed by atoms with E-state index in [-0.39, 0.29) is 5.92 Å². The molecule has 3 heterocycles. The number of piperidine rings is 1. The molecule has 1 fully saturated rings. The fourth-order valence-electron chi connectivity index (χ4n) is 3.13. The topological polar surface area (TPSA) is 85.3 Å². The molecule has 6 nitrogen and oxygen atoms in total. The molecular formula is C16H19ClN4O2. The van der Waals surface area contributed by atoms with Crippen molar-refractivity contribution in [2.45, 2.75) is 31.2 Å². The number of halogens is 1. The number of hydrogen-bond donors (Lipinski definition) is 1. The number of carbonyl (C=O) groups is 1. The van der Waals surface area contributed by atoms with Gasteiger partial charge in [-0.2, -0.15) is 0 Å². The van der Waals surface area contributed by atoms with Gasteiger partial charge in [-0.1, -0.05) is 11.6 Å². The SMILES string of the molecule is CC(C(N)=O)(c1ccc(Cl)cn1)N1CCC[C@H](c2ncco2)C1. The van der Waals surface area contributed by atoms with Crippen molar-refractivity contribution in [3.63, 3.8) is 0 Å². The molecule has 23 heavy (non-hydrogen) atoms. The normalized spacial score (nSPS) is 21.7. The Morgan fingerprint density at radius 1 is 1.48 bits per heavy atom. The van der Waals surface area contributed by atoms with E-state index in [0.717, 1.165) is 19.4 Å². The second kappa shape index (κ2) is 6.29. The second-order valence-corrected chi connectivity index (χ2v) is 6.39. The van der Waals surface area contributed by atoms with E-state index in [2.05, 4.69) is 14.9 Å². The highest BCUT2D eigenvalue weighted by Crippen LogP contribution is 2.34. The van der Waals surface area contributed by atoms with Crippen LogP contribution >= 0.6 is 11.6 Å². The first-order valence-corrected chi connectivity index (χ1v) is 7.96. The lowest BCUT2D eigenvalue weighted by Crippen LogP contribution is -2.56. The van der Waals surface area contributed by atoms with Crippen LogP contribution in [0.5, 0.6) is 0 Å². The van der Waals surface area contributed by atoms with Gasteiger partial charge in [0.1, 0.15) is 11.8 Å². The third kappa shape index (κ3) is 2.96. The number of rotatable bonds is 4. The van der Waals surface area contributed by atoms with Crippen LogP contribution in [-0.4, -0.2) is 33.9 Å². The number of pyridine rings is 1. The van der Waals surface area contributed by atoms with Gasteiger partial charge in [-0.25, -0.2) is 4.98 Å². The summed E-state index contributed by atoms with van der Waals surface area (Å²) in [5.41, 5.74) is 5.35. The van der Waals surface area contributed by atoms with Gasteiger partial charge in [0.15, 0.2) is 5.89 Å². The number of nitrogens with zero attached hydrogens (tertiary/aromatic N) is 3. The molecule has 1 saturated heterocycles. The van der Waals surface area contributed by atoms with Crippen molar-refractivity contribution < 1.29 is 9.21 Å². The molecule has 122 valence electrons. The molecule has 1 aliphatic rings. The average molecular weight is 335 g/mol. The summed E-state index contributed by atoms with van der Waals surface area (Å²) in [5.74, 6) is 0.413. The second-order valence-electron chi connectivity index (χ2n) is 5.95. The molecule has 0 aromatic carbocycles. The van der Waals surface area contributed by atoms with Gasteiger partial charge in [-0.05, 0) is 38.4 Å². The van der Waals surface area contributed by atoms with Gasteiger partial charge in [0.2, 0.25) is 5.91 Å². The Balaban J connectivity index is 1.91. The smallest absolute Gasteiger partial charge is 0.243 e. The van der Waals surface area contributed by atoms with E-state index in [4.69, 9.17) is 21.8 Å². The van der Waals surface area contributed by atoms with Crippen molar-refractivity contribution in [2.75, 3.05) is 13.1 Å². The van der Waals surface area contributed by atoms with Gasteiger partial charge in [0, 0.05) is 18.7 Å². The Bertz CT molecular complexity index is 674. The fourth-order valence-corrected chi connectivity index (χ4v) is 3.24. The molecule has 2 aromatic rings. The number of oxazole rings is 1. The van der Waals surface area contributed by atoms with Gasteiger partial charge in [0.05, 0.1) is 16.9 Å². The summed E-state index contributed by atoms with van der Waals surface area (Å²) in [7, 11) is 0. The van der Waals surface area contributed by atoms with E-state index in [0.29, 0.717) is 23.2 Å². The van der Waals surface area contributed by atoms with Crippen molar-refractivity contribution >= 4 is 17.5 Å². The summed E-state index contributed by atoms with van der Waals surface area (Å²) in [4.78, 5) is 22.9. The number of primary amides is 1. The first-order valence-electron chi connectivity index (χ1n) is 7.58. The van der Waals surface area contributed by atoms with Crippen LogP contribution in [0.3, 0.4) is 0 Å². The minimum atomic E-state index is -0.990. The molecule has 2 N–H and O–H groups in total. The number of aromatic nitrogens is 2. The highest BCUT2D eigenvalue weighted by Gasteiger charge is 2.43. The Kier molecular flexibility index (Phi) is 4.37. The van der Waals surface area contributed by atoms with Gasteiger partial charge in [0.25, 0.3) is 0 Å². The number of carbonyl (C=O) groups excluding carboxylic acids is 1. The summed E-state index contributed by atoms with van der Waals surface area (Å²) in [5, 5.41) is 0.525. The molecule has 0 bridgehead atoms. The summed E-state index contributed by atoms with van der Waals surface area (Å²) in [6.45, 7) is 3.22. The third-order valence-electron chi connectivity index (χ3n) is 4.56. The zero-order chi connectivity index (χ0) is 16.4. The Hall–Kier alpha value is -1.92. The van der Waals surface area contributed by atoms with Gasteiger partial charge < -0.3 is 10.2 Å². The van der Waals surface area contributed by atoms with Crippen molar-refractivity contribution in [3.8, 4) is 0 Å². The molecule has 1 amide bonds. The van der Waals surface area contributed by atoms with E-state index >= 15 is 0 Å². The zero-order valence-electron chi connectivity index (χ0n) is 12.9. The van der Waals surface area contributed by atoms with Crippen LogP contribution in [0.4, 0.5) is 0 Å². The summed E-state index contributed by atoms with van der Waals surface area (Å²) >= 11 is 5.90. The maximum absolute atomic E-state index is 12.3. The standard InChI is InChI=1S/C16H19ClN4O2/c1-16(15(18)22,13-5-4-12(17)9-20-13)21-7-2-3-11(10-21)14-19-6-8-23-14/h4-6,8-9,11H,2-3,7,10H2,1H3,(H2,18,22)/t11-,16?/m0/s1. The van der Waals surface area contributed by atoms with Crippen LogP contribution in [0.15, 0.2) is 35.2 Å². The maximum atomic E-state index is 12.3. The van der Waals surface area contributed by atoms with Crippen molar-refractivity contribution in [2.24, 2.45) is 5.73 Å². The molecule has 0 aliphatic carbocycles. The van der Waals surface area contributed by atoms with Crippen LogP contribution in [0, 0.1) is 0 Å². The van der Waals surface area contributed by atoms with E-state index in [1.165, 1.54) is 6.20 Å². The highest BCUT2D eigenvalue weighted by molar-refractivity contribution is 6.30. The number of likely N-dealkylation sites (tertiary alicyclic amines) is 1. The molecule has 0 radical (unpaired) electrons. The first-order chi connectivity index (χ1) is 11.0. The Morgan fingerprint density at radius 2 is 2.30 bits per heavy atom. The molecule has 0 saturated carbocycles. The van der Waals surface area contributed by atoms with Crippen LogP contribution in [-0.2, 0) is 10.3 Å². The van der Waals surface area contributed by atoms with Crippen molar-refractivity contribution in [1.29, 1.82) is 0 Å². The monoisotopic (exact) mass is 334 g/mol. The first kappa shape index (κ1) is 16.0. The predicted octanol–water partition coefficient (Wildman–Crippen LogP) is 2.30. The lowest BCUT2D eigenvalue weighted by atomic mass is 9.88. The summed E-state index contributed by atoms with van der Waals surface area (Å²) in [6.07, 6.45) is 6.65. The number of amides is 1. The quantitative estimate of drug-likeness (QED) is 0.927. The minimum Gasteiger partial charge on any atom is -0.449 e. The van der Waals surface area contributed by atoms with E-state index in [1.54, 1.807) is 24.6 Å². The van der Waals surface area contributed by atoms with E-state index in [1.807, 2.05) is 6.92 Å². The minimum absolute atomic E-state index is 0.143. The van der Waals surface area contributed by atoms with E-state index in [9.17, 15) is 4.79 Å². The van der Waals surface area contributed by atoms with Gasteiger partial charge in [-0.3, -0.25) is 14.7 Å². The predicted molar refractivity (Wildman–Crippen MR) is 85.8 cm³/mol.